The Kier molecular flexibility index (Phi) is 4.18. The van der Waals surface area contributed by atoms with Crippen LogP contribution in [0.4, 0.5) is 0 Å². The molecule has 0 N–H and O–H groups in total. The van der Waals surface area contributed by atoms with Gasteiger partial charge in [-0.05, 0) is 72.3 Å². The van der Waals surface area contributed by atoms with E-state index in [1.54, 1.807) is 0 Å². The molecule has 7 aromatic rings. The Hall–Kier alpha value is -4.56. The van der Waals surface area contributed by atoms with E-state index in [9.17, 15) is 0 Å². The number of aromatic nitrogens is 2. The molecule has 5 aromatic carbocycles. The van der Waals surface area contributed by atoms with E-state index in [0.29, 0.717) is 0 Å². The molecule has 2 aromatic heterocycles. The van der Waals surface area contributed by atoms with Gasteiger partial charge in [0.25, 0.3) is 0 Å². The minimum Gasteiger partial charge on any atom is -0.264 e. The summed E-state index contributed by atoms with van der Waals surface area (Å²) in [5.74, 6) is 0. The van der Waals surface area contributed by atoms with Crippen molar-refractivity contribution in [2.24, 2.45) is 0 Å². The van der Waals surface area contributed by atoms with Crippen molar-refractivity contribution in [3.63, 3.8) is 0 Å². The van der Waals surface area contributed by atoms with Gasteiger partial charge in [0.2, 0.25) is 0 Å². The number of benzene rings is 5. The van der Waals surface area contributed by atoms with Gasteiger partial charge >= 0.3 is 0 Å². The molecule has 0 bridgehead atoms. The molecule has 0 saturated carbocycles. The van der Waals surface area contributed by atoms with Crippen molar-refractivity contribution < 1.29 is 0 Å². The van der Waals surface area contributed by atoms with Gasteiger partial charge in [0.1, 0.15) is 0 Å². The van der Waals surface area contributed by atoms with Gasteiger partial charge in [-0.15, -0.1) is 0 Å². The molecule has 0 atom stereocenters. The molecule has 0 saturated heterocycles. The predicted molar refractivity (Wildman–Crippen MR) is 142 cm³/mol. The summed E-state index contributed by atoms with van der Waals surface area (Å²) in [6, 6.07) is 35.0. The summed E-state index contributed by atoms with van der Waals surface area (Å²) < 4.78 is 0. The zero-order valence-electron chi connectivity index (χ0n) is 18.4. The van der Waals surface area contributed by atoms with Gasteiger partial charge in [0.05, 0.1) is 0 Å². The fourth-order valence-corrected chi connectivity index (χ4v) is 5.20. The maximum absolute atomic E-state index is 4.35. The van der Waals surface area contributed by atoms with Crippen molar-refractivity contribution >= 4 is 32.3 Å². The molecule has 2 nitrogen and oxygen atoms in total. The van der Waals surface area contributed by atoms with Crippen LogP contribution in [-0.2, 0) is 0 Å². The summed E-state index contributed by atoms with van der Waals surface area (Å²) in [7, 11) is 0. The molecule has 2 heteroatoms. The average Bonchev–Trinajstić information content (AvgIpc) is 2.92. The Bertz CT molecular complexity index is 1770. The summed E-state index contributed by atoms with van der Waals surface area (Å²) in [6.07, 6.45) is 7.49. The van der Waals surface area contributed by atoms with Crippen molar-refractivity contribution in [2.45, 2.75) is 0 Å². The largest absolute Gasteiger partial charge is 0.264 e. The first-order valence-electron chi connectivity index (χ1n) is 11.5. The third-order valence-corrected chi connectivity index (χ3v) is 6.83. The van der Waals surface area contributed by atoms with Crippen LogP contribution in [-0.4, -0.2) is 9.97 Å². The monoisotopic (exact) mass is 432 g/mol. The molecular formula is C32H20N2. The van der Waals surface area contributed by atoms with Crippen LogP contribution in [0.2, 0.25) is 0 Å². The van der Waals surface area contributed by atoms with Crippen molar-refractivity contribution in [1.82, 2.24) is 9.97 Å². The third kappa shape index (κ3) is 2.89. The normalized spacial score (nSPS) is 11.5. The van der Waals surface area contributed by atoms with Gasteiger partial charge < -0.3 is 0 Å². The topological polar surface area (TPSA) is 25.8 Å². The lowest BCUT2D eigenvalue weighted by molar-refractivity contribution is 1.33. The van der Waals surface area contributed by atoms with E-state index < -0.39 is 0 Å². The Morgan fingerprint density at radius 3 is 1.44 bits per heavy atom. The first-order valence-corrected chi connectivity index (χ1v) is 11.5. The van der Waals surface area contributed by atoms with E-state index in [1.165, 1.54) is 54.6 Å². The lowest BCUT2D eigenvalue weighted by Gasteiger charge is -2.16. The van der Waals surface area contributed by atoms with Crippen LogP contribution in [0.1, 0.15) is 0 Å². The molecule has 158 valence electrons. The molecule has 0 aliphatic carbocycles. The zero-order chi connectivity index (χ0) is 22.5. The molecule has 0 fully saturated rings. The third-order valence-electron chi connectivity index (χ3n) is 6.83. The van der Waals surface area contributed by atoms with E-state index in [1.807, 2.05) is 36.9 Å². The number of hydrogen-bond donors (Lipinski definition) is 0. The van der Waals surface area contributed by atoms with Gasteiger partial charge in [0, 0.05) is 30.4 Å². The van der Waals surface area contributed by atoms with E-state index in [-0.39, 0.29) is 0 Å². The zero-order valence-corrected chi connectivity index (χ0v) is 18.4. The maximum atomic E-state index is 4.35. The first kappa shape index (κ1) is 19.0. The van der Waals surface area contributed by atoms with Crippen LogP contribution in [0.15, 0.2) is 122 Å². The summed E-state index contributed by atoms with van der Waals surface area (Å²) >= 11 is 0. The summed E-state index contributed by atoms with van der Waals surface area (Å²) in [5, 5.41) is 7.75. The molecule has 0 radical (unpaired) electrons. The fraction of sp³-hybridized carbons (Fsp3) is 0. The first-order chi connectivity index (χ1) is 16.9. The highest BCUT2D eigenvalue weighted by molar-refractivity contribution is 6.27. The highest BCUT2D eigenvalue weighted by Crippen LogP contribution is 2.42. The van der Waals surface area contributed by atoms with Crippen LogP contribution >= 0.6 is 0 Å². The smallest absolute Gasteiger partial charge is 0.0346 e. The molecule has 0 spiro atoms. The lowest BCUT2D eigenvalue weighted by atomic mass is 9.87. The highest BCUT2D eigenvalue weighted by Gasteiger charge is 2.14. The quantitative estimate of drug-likeness (QED) is 0.262. The minimum atomic E-state index is 1.13. The Morgan fingerprint density at radius 1 is 0.382 bits per heavy atom. The van der Waals surface area contributed by atoms with E-state index in [4.69, 9.17) is 0 Å². The molecule has 34 heavy (non-hydrogen) atoms. The SMILES string of the molecule is c1cncc(-c2ccc(-c3ccc4ccc5c(-c6cccnc6)ccc6ccc3c4c65)cc2)c1. The van der Waals surface area contributed by atoms with Crippen molar-refractivity contribution in [3.8, 4) is 33.4 Å². The summed E-state index contributed by atoms with van der Waals surface area (Å²) in [6.45, 7) is 0. The summed E-state index contributed by atoms with van der Waals surface area (Å²) in [4.78, 5) is 8.60. The molecule has 0 aliphatic heterocycles. The van der Waals surface area contributed by atoms with Gasteiger partial charge in [-0.2, -0.15) is 0 Å². The Balaban J connectivity index is 1.46. The number of nitrogens with zero attached hydrogens (tertiary/aromatic N) is 2. The van der Waals surface area contributed by atoms with E-state index in [2.05, 4.69) is 94.9 Å². The number of pyridine rings is 2. The van der Waals surface area contributed by atoms with Crippen molar-refractivity contribution in [1.29, 1.82) is 0 Å². The number of rotatable bonds is 3. The predicted octanol–water partition coefficient (Wildman–Crippen LogP) is 8.38. The van der Waals surface area contributed by atoms with Gasteiger partial charge in [-0.3, -0.25) is 9.97 Å². The molecule has 2 heterocycles. The molecular weight excluding hydrogens is 412 g/mol. The Morgan fingerprint density at radius 2 is 0.882 bits per heavy atom. The van der Waals surface area contributed by atoms with E-state index >= 15 is 0 Å². The fourth-order valence-electron chi connectivity index (χ4n) is 5.20. The van der Waals surface area contributed by atoms with Crippen LogP contribution in [0.5, 0.6) is 0 Å². The molecule has 7 rings (SSSR count). The van der Waals surface area contributed by atoms with Crippen molar-refractivity contribution in [3.05, 3.63) is 122 Å². The lowest BCUT2D eigenvalue weighted by Crippen LogP contribution is -1.89. The van der Waals surface area contributed by atoms with Gasteiger partial charge in [-0.1, -0.05) is 84.9 Å². The molecule has 0 amide bonds. The second kappa shape index (κ2) is 7.50. The van der Waals surface area contributed by atoms with Gasteiger partial charge in [0.15, 0.2) is 0 Å². The van der Waals surface area contributed by atoms with Crippen molar-refractivity contribution in [2.75, 3.05) is 0 Å². The van der Waals surface area contributed by atoms with Crippen LogP contribution in [0.3, 0.4) is 0 Å². The summed E-state index contributed by atoms with van der Waals surface area (Å²) in [5.41, 5.74) is 7.15. The second-order valence-electron chi connectivity index (χ2n) is 8.71. The van der Waals surface area contributed by atoms with Crippen LogP contribution in [0.25, 0.3) is 65.7 Å². The van der Waals surface area contributed by atoms with Gasteiger partial charge in [-0.25, -0.2) is 0 Å². The maximum Gasteiger partial charge on any atom is 0.0346 e. The molecule has 0 unspecified atom stereocenters. The standard InChI is InChI=1S/C32H20N2/c1-3-25(19-33-17-1)21-5-7-22(8-6-21)27-13-9-23-12-16-30-28(26-4-2-18-34-20-26)14-10-24-11-15-29(27)31(23)32(24)30/h1-20H. The molecule has 0 aliphatic rings. The van der Waals surface area contributed by atoms with Crippen LogP contribution < -0.4 is 0 Å². The van der Waals surface area contributed by atoms with E-state index in [0.717, 1.165) is 11.1 Å². The van der Waals surface area contributed by atoms with Crippen LogP contribution in [0, 0.1) is 0 Å². The Labute approximate surface area is 197 Å². The second-order valence-corrected chi connectivity index (χ2v) is 8.71. The minimum absolute atomic E-state index is 1.13. The number of hydrogen-bond acceptors (Lipinski definition) is 2. The average molecular weight is 433 g/mol. The highest BCUT2D eigenvalue weighted by atomic mass is 14.6.